The Labute approximate surface area is 144 Å². The average Bonchev–Trinajstić information content (AvgIpc) is 2.41. The highest BCUT2D eigenvalue weighted by atomic mass is 79.9. The molecule has 0 spiro atoms. The Kier molecular flexibility index (Phi) is 5.67. The molecule has 0 saturated carbocycles. The fourth-order valence-electron chi connectivity index (χ4n) is 1.62. The first-order chi connectivity index (χ1) is 9.95. The standard InChI is InChI=1S/C15H12Br2ClNO2/c1-9(21-14-6-5-11(18)8-13(14)17)15(20)19-12-4-2-3-10(16)7-12/h2-9H,1H3,(H,19,20). The molecule has 1 N–H and O–H groups in total. The fourth-order valence-corrected chi connectivity index (χ4v) is 2.80. The predicted octanol–water partition coefficient (Wildman–Crippen LogP) is 5.27. The number of carbonyl (C=O) groups excluding carboxylic acids is 1. The summed E-state index contributed by atoms with van der Waals surface area (Å²) in [7, 11) is 0. The van der Waals surface area contributed by atoms with Gasteiger partial charge in [0.25, 0.3) is 5.91 Å². The number of rotatable bonds is 4. The molecule has 0 aliphatic carbocycles. The molecule has 0 fully saturated rings. The molecular formula is C15H12Br2ClNO2. The molecule has 110 valence electrons. The number of benzene rings is 2. The fraction of sp³-hybridized carbons (Fsp3) is 0.133. The molecule has 0 aliphatic rings. The largest absolute Gasteiger partial charge is 0.480 e. The Balaban J connectivity index is 2.02. The molecule has 3 nitrogen and oxygen atoms in total. The molecule has 1 amide bonds. The molecule has 2 rings (SSSR count). The summed E-state index contributed by atoms with van der Waals surface area (Å²) in [5.41, 5.74) is 0.708. The van der Waals surface area contributed by atoms with Crippen LogP contribution in [-0.2, 0) is 4.79 Å². The van der Waals surface area contributed by atoms with E-state index in [2.05, 4.69) is 37.2 Å². The van der Waals surface area contributed by atoms with Gasteiger partial charge in [0, 0.05) is 15.2 Å². The molecule has 0 radical (unpaired) electrons. The highest BCUT2D eigenvalue weighted by molar-refractivity contribution is 9.10. The third kappa shape index (κ3) is 4.73. The van der Waals surface area contributed by atoms with Crippen molar-refractivity contribution < 1.29 is 9.53 Å². The summed E-state index contributed by atoms with van der Waals surface area (Å²) in [6, 6.07) is 12.5. The lowest BCUT2D eigenvalue weighted by Crippen LogP contribution is -2.30. The van der Waals surface area contributed by atoms with Crippen molar-refractivity contribution in [1.82, 2.24) is 0 Å². The van der Waals surface area contributed by atoms with Gasteiger partial charge in [0.1, 0.15) is 5.75 Å². The third-order valence-electron chi connectivity index (χ3n) is 2.66. The Morgan fingerprint density at radius 2 is 2.00 bits per heavy atom. The van der Waals surface area contributed by atoms with Crippen LogP contribution < -0.4 is 10.1 Å². The van der Waals surface area contributed by atoms with Crippen LogP contribution in [0.15, 0.2) is 51.4 Å². The number of carbonyl (C=O) groups is 1. The van der Waals surface area contributed by atoms with Gasteiger partial charge in [-0.25, -0.2) is 0 Å². The maximum absolute atomic E-state index is 12.1. The molecule has 0 aliphatic heterocycles. The van der Waals surface area contributed by atoms with Gasteiger partial charge in [-0.15, -0.1) is 0 Å². The van der Waals surface area contributed by atoms with Crippen molar-refractivity contribution in [3.05, 3.63) is 56.4 Å². The van der Waals surface area contributed by atoms with Gasteiger partial charge in [-0.1, -0.05) is 33.6 Å². The van der Waals surface area contributed by atoms with Crippen LogP contribution in [0.25, 0.3) is 0 Å². The van der Waals surface area contributed by atoms with Crippen molar-refractivity contribution in [2.75, 3.05) is 5.32 Å². The van der Waals surface area contributed by atoms with Gasteiger partial charge >= 0.3 is 0 Å². The normalized spacial score (nSPS) is 11.8. The molecule has 1 unspecified atom stereocenters. The minimum atomic E-state index is -0.638. The van der Waals surface area contributed by atoms with Crippen molar-refractivity contribution in [2.24, 2.45) is 0 Å². The zero-order valence-electron chi connectivity index (χ0n) is 11.1. The van der Waals surface area contributed by atoms with E-state index in [4.69, 9.17) is 16.3 Å². The highest BCUT2D eigenvalue weighted by Gasteiger charge is 2.16. The van der Waals surface area contributed by atoms with Crippen LogP contribution in [0.1, 0.15) is 6.92 Å². The SMILES string of the molecule is CC(Oc1ccc(Cl)cc1Br)C(=O)Nc1cccc(Br)c1. The summed E-state index contributed by atoms with van der Waals surface area (Å²) >= 11 is 12.6. The van der Waals surface area contributed by atoms with Gasteiger partial charge < -0.3 is 10.1 Å². The summed E-state index contributed by atoms with van der Waals surface area (Å²) in [6.45, 7) is 1.69. The lowest BCUT2D eigenvalue weighted by molar-refractivity contribution is -0.122. The van der Waals surface area contributed by atoms with E-state index in [9.17, 15) is 4.79 Å². The Bertz CT molecular complexity index is 664. The molecular weight excluding hydrogens is 421 g/mol. The third-order valence-corrected chi connectivity index (χ3v) is 4.01. The van der Waals surface area contributed by atoms with Crippen molar-refractivity contribution in [3.63, 3.8) is 0 Å². The van der Waals surface area contributed by atoms with Crippen LogP contribution in [0.5, 0.6) is 5.75 Å². The zero-order chi connectivity index (χ0) is 15.4. The van der Waals surface area contributed by atoms with Gasteiger partial charge in [-0.2, -0.15) is 0 Å². The summed E-state index contributed by atoms with van der Waals surface area (Å²) in [4.78, 5) is 12.1. The minimum Gasteiger partial charge on any atom is -0.480 e. The van der Waals surface area contributed by atoms with Crippen molar-refractivity contribution in [2.45, 2.75) is 13.0 Å². The van der Waals surface area contributed by atoms with Crippen LogP contribution in [0, 0.1) is 0 Å². The Hall–Kier alpha value is -1.04. The molecule has 1 atom stereocenters. The Morgan fingerprint density at radius 3 is 2.67 bits per heavy atom. The summed E-state index contributed by atoms with van der Waals surface area (Å²) in [5, 5.41) is 3.40. The number of hydrogen-bond acceptors (Lipinski definition) is 2. The van der Waals surface area contributed by atoms with Gasteiger partial charge in [-0.05, 0) is 59.3 Å². The second-order valence-electron chi connectivity index (χ2n) is 4.33. The number of anilines is 1. The lowest BCUT2D eigenvalue weighted by atomic mass is 10.3. The first-order valence-corrected chi connectivity index (χ1v) is 8.10. The monoisotopic (exact) mass is 431 g/mol. The van der Waals surface area contributed by atoms with Gasteiger partial charge in [0.15, 0.2) is 6.10 Å². The first kappa shape index (κ1) is 16.3. The summed E-state index contributed by atoms with van der Waals surface area (Å²) in [6.07, 6.45) is -0.638. The molecule has 0 saturated heterocycles. The summed E-state index contributed by atoms with van der Waals surface area (Å²) in [5.74, 6) is 0.339. The second kappa shape index (κ2) is 7.29. The van der Waals surface area contributed by atoms with Crippen LogP contribution >= 0.6 is 43.5 Å². The molecule has 0 bridgehead atoms. The van der Waals surface area contributed by atoms with E-state index in [1.807, 2.05) is 24.3 Å². The van der Waals surface area contributed by atoms with E-state index in [0.29, 0.717) is 20.9 Å². The van der Waals surface area contributed by atoms with E-state index in [-0.39, 0.29) is 5.91 Å². The van der Waals surface area contributed by atoms with E-state index in [1.165, 1.54) is 0 Å². The van der Waals surface area contributed by atoms with Crippen LogP contribution in [-0.4, -0.2) is 12.0 Å². The van der Waals surface area contributed by atoms with E-state index in [0.717, 1.165) is 4.47 Å². The van der Waals surface area contributed by atoms with Crippen LogP contribution in [0.2, 0.25) is 5.02 Å². The number of hydrogen-bond donors (Lipinski definition) is 1. The number of amides is 1. The maximum atomic E-state index is 12.1. The van der Waals surface area contributed by atoms with Crippen LogP contribution in [0.3, 0.4) is 0 Å². The Morgan fingerprint density at radius 1 is 1.24 bits per heavy atom. The zero-order valence-corrected chi connectivity index (χ0v) is 15.0. The maximum Gasteiger partial charge on any atom is 0.265 e. The van der Waals surface area contributed by atoms with E-state index < -0.39 is 6.10 Å². The number of nitrogens with one attached hydrogen (secondary N) is 1. The second-order valence-corrected chi connectivity index (χ2v) is 6.54. The molecule has 21 heavy (non-hydrogen) atoms. The van der Waals surface area contributed by atoms with Crippen molar-refractivity contribution in [1.29, 1.82) is 0 Å². The molecule has 6 heteroatoms. The smallest absolute Gasteiger partial charge is 0.265 e. The highest BCUT2D eigenvalue weighted by Crippen LogP contribution is 2.29. The van der Waals surface area contributed by atoms with Crippen molar-refractivity contribution >= 4 is 55.1 Å². The van der Waals surface area contributed by atoms with Crippen LogP contribution in [0.4, 0.5) is 5.69 Å². The number of halogens is 3. The number of ether oxygens (including phenoxy) is 1. The minimum absolute atomic E-state index is 0.227. The predicted molar refractivity (Wildman–Crippen MR) is 92.0 cm³/mol. The molecule has 2 aromatic rings. The van der Waals surface area contributed by atoms with Gasteiger partial charge in [0.05, 0.1) is 4.47 Å². The van der Waals surface area contributed by atoms with E-state index in [1.54, 1.807) is 25.1 Å². The molecule has 0 heterocycles. The molecule has 2 aromatic carbocycles. The van der Waals surface area contributed by atoms with E-state index >= 15 is 0 Å². The first-order valence-electron chi connectivity index (χ1n) is 6.14. The van der Waals surface area contributed by atoms with Gasteiger partial charge in [0.2, 0.25) is 0 Å². The lowest BCUT2D eigenvalue weighted by Gasteiger charge is -2.16. The topological polar surface area (TPSA) is 38.3 Å². The molecule has 0 aromatic heterocycles. The quantitative estimate of drug-likeness (QED) is 0.713. The average molecular weight is 434 g/mol. The van der Waals surface area contributed by atoms with Gasteiger partial charge in [-0.3, -0.25) is 4.79 Å². The summed E-state index contributed by atoms with van der Waals surface area (Å²) < 4.78 is 7.24. The van der Waals surface area contributed by atoms with Crippen molar-refractivity contribution in [3.8, 4) is 5.75 Å².